The average molecular weight is 301 g/mol. The molecule has 0 aliphatic carbocycles. The molecule has 1 rings (SSSR count). The summed E-state index contributed by atoms with van der Waals surface area (Å²) in [5.74, 6) is 0.0150. The van der Waals surface area contributed by atoms with E-state index >= 15 is 0 Å². The van der Waals surface area contributed by atoms with E-state index in [1.807, 2.05) is 30.3 Å². The Kier molecular flexibility index (Phi) is 3.89. The predicted molar refractivity (Wildman–Crippen MR) is 38.3 cm³/mol. The van der Waals surface area contributed by atoms with Gasteiger partial charge in [0, 0.05) is 0 Å². The molecule has 0 bridgehead atoms. The van der Waals surface area contributed by atoms with E-state index in [9.17, 15) is 4.79 Å². The van der Waals surface area contributed by atoms with Gasteiger partial charge in [-0.05, 0) is 0 Å². The average Bonchev–Trinajstić information content (AvgIpc) is 2.06. The van der Waals surface area contributed by atoms with Crippen molar-refractivity contribution in [1.29, 1.82) is 0 Å². The van der Waals surface area contributed by atoms with Gasteiger partial charge in [0.25, 0.3) is 0 Å². The molecular formula is C8H8ErNO. The molecule has 1 aromatic carbocycles. The van der Waals surface area contributed by atoms with Crippen molar-refractivity contribution in [3.05, 3.63) is 35.9 Å². The SMILES string of the molecule is O=C(Cc1ccccc1)[NH][Er]. The predicted octanol–water partition coefficient (Wildman–Crippen LogP) is 0.810. The van der Waals surface area contributed by atoms with Crippen LogP contribution in [0, 0.1) is 35.7 Å². The van der Waals surface area contributed by atoms with Gasteiger partial charge in [-0.25, -0.2) is 0 Å². The van der Waals surface area contributed by atoms with Gasteiger partial charge in [-0.2, -0.15) is 0 Å². The van der Waals surface area contributed by atoms with Gasteiger partial charge in [0.15, 0.2) is 0 Å². The van der Waals surface area contributed by atoms with Crippen molar-refractivity contribution in [2.75, 3.05) is 0 Å². The number of rotatable bonds is 2. The first kappa shape index (κ1) is 9.03. The van der Waals surface area contributed by atoms with Crippen LogP contribution in [0.3, 0.4) is 0 Å². The van der Waals surface area contributed by atoms with Crippen LogP contribution in [0.4, 0.5) is 0 Å². The molecule has 2 nitrogen and oxygen atoms in total. The quantitative estimate of drug-likeness (QED) is 0.860. The van der Waals surface area contributed by atoms with Gasteiger partial charge >= 0.3 is 90.6 Å². The third-order valence-electron chi connectivity index (χ3n) is 1.29. The Morgan fingerprint density at radius 1 is 1.36 bits per heavy atom. The summed E-state index contributed by atoms with van der Waals surface area (Å²) in [4.78, 5) is 10.8. The van der Waals surface area contributed by atoms with Crippen molar-refractivity contribution in [2.45, 2.75) is 6.42 Å². The summed E-state index contributed by atoms with van der Waals surface area (Å²) in [7, 11) is 0. The monoisotopic (exact) mass is 300 g/mol. The Bertz CT molecular complexity index is 235. The molecular weight excluding hydrogens is 293 g/mol. The first-order chi connectivity index (χ1) is 5.33. The molecule has 0 aliphatic rings. The number of carbonyl (C=O) groups excluding carboxylic acids is 1. The zero-order chi connectivity index (χ0) is 8.10. The summed E-state index contributed by atoms with van der Waals surface area (Å²) >= 11 is 2.19. The summed E-state index contributed by atoms with van der Waals surface area (Å²) in [6.45, 7) is 0. The maximum atomic E-state index is 10.8. The second-order valence-electron chi connectivity index (χ2n) is 2.16. The molecule has 0 saturated carbocycles. The molecule has 0 radical (unpaired) electrons. The van der Waals surface area contributed by atoms with Gasteiger partial charge in [-0.3, -0.25) is 0 Å². The van der Waals surface area contributed by atoms with E-state index in [0.717, 1.165) is 5.56 Å². The van der Waals surface area contributed by atoms with Crippen LogP contribution in [0.1, 0.15) is 5.56 Å². The molecule has 1 N–H and O–H groups in total. The van der Waals surface area contributed by atoms with Gasteiger partial charge in [-0.1, -0.05) is 0 Å². The van der Waals surface area contributed by atoms with E-state index in [2.05, 4.69) is 37.6 Å². The Balaban J connectivity index is 2.58. The van der Waals surface area contributed by atoms with Crippen LogP contribution < -0.4 is 1.86 Å². The van der Waals surface area contributed by atoms with Gasteiger partial charge < -0.3 is 0 Å². The van der Waals surface area contributed by atoms with E-state index in [1.165, 1.54) is 0 Å². The molecule has 63 valence electrons. The van der Waals surface area contributed by atoms with E-state index in [4.69, 9.17) is 0 Å². The Morgan fingerprint density at radius 2 is 2.00 bits per heavy atom. The van der Waals surface area contributed by atoms with Crippen LogP contribution in [0.25, 0.3) is 0 Å². The zero-order valence-corrected chi connectivity index (χ0v) is 7.64. The number of amides is 1. The summed E-state index contributed by atoms with van der Waals surface area (Å²) in [6.07, 6.45) is 0.449. The summed E-state index contributed by atoms with van der Waals surface area (Å²) in [6, 6.07) is 9.64. The number of nitrogens with one attached hydrogen (secondary N) is 1. The van der Waals surface area contributed by atoms with Crippen molar-refractivity contribution in [1.82, 2.24) is 1.86 Å². The van der Waals surface area contributed by atoms with Crippen LogP contribution in [0.15, 0.2) is 30.3 Å². The summed E-state index contributed by atoms with van der Waals surface area (Å²) in [5.41, 5.74) is 1.03. The van der Waals surface area contributed by atoms with E-state index in [0.29, 0.717) is 6.42 Å². The van der Waals surface area contributed by atoms with Gasteiger partial charge in [-0.15, -0.1) is 0 Å². The fourth-order valence-electron chi connectivity index (χ4n) is 0.807. The molecule has 0 heterocycles. The topological polar surface area (TPSA) is 29.1 Å². The second-order valence-corrected chi connectivity index (χ2v) is 2.62. The molecule has 0 spiro atoms. The third kappa shape index (κ3) is 3.22. The number of carbonyl (C=O) groups is 1. The standard InChI is InChI=1S/C8H9NO.Er/c9-8(10)6-7-4-2-1-3-5-7;/h1-5H,6H2,(H2,9,10);/q;+1/p-1. The third-order valence-corrected chi connectivity index (χ3v) is 1.80. The fourth-order valence-corrected chi connectivity index (χ4v) is 0.970. The molecule has 0 fully saturated rings. The fraction of sp³-hybridized carbons (Fsp3) is 0.125. The molecule has 0 aromatic heterocycles. The van der Waals surface area contributed by atoms with E-state index in [1.54, 1.807) is 0 Å². The van der Waals surface area contributed by atoms with Gasteiger partial charge in [0.2, 0.25) is 0 Å². The van der Waals surface area contributed by atoms with Crippen molar-refractivity contribution in [3.63, 3.8) is 0 Å². The van der Waals surface area contributed by atoms with Crippen LogP contribution in [-0.4, -0.2) is 5.91 Å². The molecule has 11 heavy (non-hydrogen) atoms. The molecule has 3 heteroatoms. The van der Waals surface area contributed by atoms with E-state index in [-0.39, 0.29) is 5.91 Å². The first-order valence-corrected chi connectivity index (χ1v) is 4.14. The van der Waals surface area contributed by atoms with Gasteiger partial charge in [0.1, 0.15) is 0 Å². The number of hydrogen-bond acceptors (Lipinski definition) is 1. The molecule has 0 unspecified atom stereocenters. The maximum absolute atomic E-state index is 10.8. The molecule has 1 amide bonds. The molecule has 0 saturated heterocycles. The van der Waals surface area contributed by atoms with Crippen molar-refractivity contribution < 1.29 is 40.5 Å². The normalized spacial score (nSPS) is 9.27. The van der Waals surface area contributed by atoms with Crippen LogP contribution in [0.2, 0.25) is 0 Å². The molecule has 0 aliphatic heterocycles. The summed E-state index contributed by atoms with van der Waals surface area (Å²) < 4.78 is 2.49. The molecule has 1 aromatic rings. The van der Waals surface area contributed by atoms with Crippen molar-refractivity contribution >= 4 is 5.91 Å². The Hall–Kier alpha value is -0.0632. The van der Waals surface area contributed by atoms with Crippen LogP contribution in [-0.2, 0) is 11.2 Å². The van der Waals surface area contributed by atoms with Gasteiger partial charge in [0.05, 0.1) is 0 Å². The van der Waals surface area contributed by atoms with Crippen LogP contribution >= 0.6 is 0 Å². The zero-order valence-electron chi connectivity index (χ0n) is 5.79. The van der Waals surface area contributed by atoms with Crippen LogP contribution in [0.5, 0.6) is 0 Å². The van der Waals surface area contributed by atoms with Crippen molar-refractivity contribution in [2.24, 2.45) is 0 Å². The minimum absolute atomic E-state index is 0.0150. The Labute approximate surface area is 89.9 Å². The second kappa shape index (κ2) is 4.74. The summed E-state index contributed by atoms with van der Waals surface area (Å²) in [5, 5.41) is 0. The number of hydrogen-bond donors (Lipinski definition) is 1. The first-order valence-electron chi connectivity index (χ1n) is 3.22. The van der Waals surface area contributed by atoms with E-state index < -0.39 is 0 Å². The van der Waals surface area contributed by atoms with Crippen molar-refractivity contribution in [3.8, 4) is 0 Å². The number of benzene rings is 1. The Morgan fingerprint density at radius 3 is 2.55 bits per heavy atom. The molecule has 0 atom stereocenters. The minimum atomic E-state index is 0.0150.